The fraction of sp³-hybridized carbons (Fsp3) is 0.167. The molecule has 0 aliphatic rings. The van der Waals surface area contributed by atoms with Gasteiger partial charge < -0.3 is 5.11 Å². The van der Waals surface area contributed by atoms with Gasteiger partial charge in [0, 0.05) is 0 Å². The first-order chi connectivity index (χ1) is 7.51. The number of hydrogen-bond acceptors (Lipinski definition) is 3. The molecule has 1 aromatic carbocycles. The third kappa shape index (κ3) is 2.73. The van der Waals surface area contributed by atoms with E-state index in [1.807, 2.05) is 0 Å². The summed E-state index contributed by atoms with van der Waals surface area (Å²) in [5, 5.41) is 9.53. The molecule has 1 rings (SSSR count). The van der Waals surface area contributed by atoms with Crippen LogP contribution in [0, 0.1) is 0 Å². The van der Waals surface area contributed by atoms with Gasteiger partial charge in [-0.25, -0.2) is 8.42 Å². The second-order valence-corrected chi connectivity index (χ2v) is 5.37. The maximum absolute atomic E-state index is 11.8. The Morgan fingerprint density at radius 2 is 1.94 bits per heavy atom. The third-order valence-electron chi connectivity index (χ3n) is 2.08. The minimum atomic E-state index is -3.48. The summed E-state index contributed by atoms with van der Waals surface area (Å²) >= 11 is 0. The Morgan fingerprint density at radius 3 is 2.50 bits per heavy atom. The van der Waals surface area contributed by atoms with E-state index < -0.39 is 9.84 Å². The molecule has 0 aromatic heterocycles. The van der Waals surface area contributed by atoms with E-state index in [9.17, 15) is 13.5 Å². The van der Waals surface area contributed by atoms with Crippen LogP contribution in [-0.4, -0.2) is 19.3 Å². The van der Waals surface area contributed by atoms with Crippen molar-refractivity contribution in [1.82, 2.24) is 0 Å². The van der Waals surface area contributed by atoms with Gasteiger partial charge in [-0.05, 0) is 24.1 Å². The minimum absolute atomic E-state index is 0.0493. The number of rotatable bonds is 5. The van der Waals surface area contributed by atoms with E-state index in [1.54, 1.807) is 12.1 Å². The van der Waals surface area contributed by atoms with Crippen molar-refractivity contribution >= 4 is 9.84 Å². The van der Waals surface area contributed by atoms with Crippen LogP contribution in [0.4, 0.5) is 0 Å². The fourth-order valence-corrected chi connectivity index (χ4v) is 2.55. The fourth-order valence-electron chi connectivity index (χ4n) is 1.35. The predicted molar refractivity (Wildman–Crippen MR) is 64.3 cm³/mol. The molecule has 3 nitrogen and oxygen atoms in total. The summed E-state index contributed by atoms with van der Waals surface area (Å²) in [5.41, 5.74) is 0.801. The van der Waals surface area contributed by atoms with Crippen molar-refractivity contribution < 1.29 is 13.5 Å². The lowest BCUT2D eigenvalue weighted by Crippen LogP contribution is -2.05. The van der Waals surface area contributed by atoms with Crippen LogP contribution >= 0.6 is 0 Å². The molecule has 0 heterocycles. The number of aromatic hydroxyl groups is 1. The molecule has 0 spiro atoms. The van der Waals surface area contributed by atoms with Gasteiger partial charge in [-0.15, -0.1) is 13.2 Å². The highest BCUT2D eigenvalue weighted by molar-refractivity contribution is 7.91. The van der Waals surface area contributed by atoms with Gasteiger partial charge in [0.25, 0.3) is 0 Å². The lowest BCUT2D eigenvalue weighted by Gasteiger charge is -2.06. The van der Waals surface area contributed by atoms with Crippen LogP contribution in [0.2, 0.25) is 0 Å². The molecule has 4 heteroatoms. The summed E-state index contributed by atoms with van der Waals surface area (Å²) in [6.07, 6.45) is 3.54. The topological polar surface area (TPSA) is 54.4 Å². The Balaban J connectivity index is 3.26. The van der Waals surface area contributed by atoms with Crippen molar-refractivity contribution in [2.24, 2.45) is 0 Å². The number of sulfone groups is 1. The van der Waals surface area contributed by atoms with Crippen molar-refractivity contribution in [3.8, 4) is 5.75 Å². The van der Waals surface area contributed by atoms with E-state index in [0.29, 0.717) is 6.42 Å². The Bertz CT molecular complexity index is 501. The molecule has 1 aromatic rings. The monoisotopic (exact) mass is 238 g/mol. The van der Waals surface area contributed by atoms with Crippen LogP contribution in [0.15, 0.2) is 48.4 Å². The maximum atomic E-state index is 11.8. The van der Waals surface area contributed by atoms with Gasteiger partial charge in [-0.3, -0.25) is 0 Å². The van der Waals surface area contributed by atoms with E-state index in [1.165, 1.54) is 18.2 Å². The standard InChI is InChI=1S/C12H14O3S/c1-3-5-10-6-7-11(13)12(9-10)16(14,15)8-4-2/h3-4,6-7,9,13H,1-2,5,8H2. The number of allylic oxidation sites excluding steroid dienone is 1. The van der Waals surface area contributed by atoms with Gasteiger partial charge in [0.05, 0.1) is 5.75 Å². The first-order valence-electron chi connectivity index (χ1n) is 4.77. The summed E-state index contributed by atoms with van der Waals surface area (Å²) < 4.78 is 23.5. The molecule has 1 N–H and O–H groups in total. The van der Waals surface area contributed by atoms with Crippen molar-refractivity contribution in [2.45, 2.75) is 11.3 Å². The van der Waals surface area contributed by atoms with Crippen LogP contribution in [0.5, 0.6) is 5.75 Å². The lowest BCUT2D eigenvalue weighted by atomic mass is 10.1. The highest BCUT2D eigenvalue weighted by Crippen LogP contribution is 2.25. The van der Waals surface area contributed by atoms with Gasteiger partial charge in [0.15, 0.2) is 9.84 Å². The minimum Gasteiger partial charge on any atom is -0.507 e. The van der Waals surface area contributed by atoms with Gasteiger partial charge in [0.2, 0.25) is 0 Å². The average molecular weight is 238 g/mol. The van der Waals surface area contributed by atoms with E-state index in [-0.39, 0.29) is 16.4 Å². The van der Waals surface area contributed by atoms with Crippen LogP contribution in [0.1, 0.15) is 5.56 Å². The number of benzene rings is 1. The van der Waals surface area contributed by atoms with Crippen LogP contribution in [0.25, 0.3) is 0 Å². The number of hydrogen-bond donors (Lipinski definition) is 1. The number of phenols is 1. The molecule has 0 fully saturated rings. The molecule has 0 saturated heterocycles. The van der Waals surface area contributed by atoms with Crippen molar-refractivity contribution in [3.05, 3.63) is 49.1 Å². The molecule has 86 valence electrons. The van der Waals surface area contributed by atoms with E-state index in [0.717, 1.165) is 5.56 Å². The summed E-state index contributed by atoms with van der Waals surface area (Å²) in [4.78, 5) is -0.0493. The average Bonchev–Trinajstić information content (AvgIpc) is 2.21. The second-order valence-electron chi connectivity index (χ2n) is 3.36. The molecular formula is C12H14O3S. The summed E-state index contributed by atoms with van der Waals surface area (Å²) in [7, 11) is -3.48. The zero-order valence-electron chi connectivity index (χ0n) is 8.89. The normalized spacial score (nSPS) is 11.0. The van der Waals surface area contributed by atoms with Crippen molar-refractivity contribution in [2.75, 3.05) is 5.75 Å². The first-order valence-corrected chi connectivity index (χ1v) is 6.43. The zero-order valence-corrected chi connectivity index (χ0v) is 9.70. The molecule has 0 amide bonds. The third-order valence-corrected chi connectivity index (χ3v) is 3.75. The Hall–Kier alpha value is -1.55. The zero-order chi connectivity index (χ0) is 12.2. The molecule has 16 heavy (non-hydrogen) atoms. The smallest absolute Gasteiger partial charge is 0.185 e. The van der Waals surface area contributed by atoms with Crippen molar-refractivity contribution in [1.29, 1.82) is 0 Å². The summed E-state index contributed by atoms with van der Waals surface area (Å²) in [6.45, 7) is 6.96. The van der Waals surface area contributed by atoms with Crippen molar-refractivity contribution in [3.63, 3.8) is 0 Å². The van der Waals surface area contributed by atoms with Crippen LogP contribution < -0.4 is 0 Å². The number of phenolic OH excluding ortho intramolecular Hbond substituents is 1. The van der Waals surface area contributed by atoms with E-state index >= 15 is 0 Å². The Morgan fingerprint density at radius 1 is 1.25 bits per heavy atom. The predicted octanol–water partition coefficient (Wildman–Crippen LogP) is 2.08. The van der Waals surface area contributed by atoms with Crippen LogP contribution in [-0.2, 0) is 16.3 Å². The van der Waals surface area contributed by atoms with Crippen LogP contribution in [0.3, 0.4) is 0 Å². The molecule has 0 aliphatic heterocycles. The Kier molecular flexibility index (Phi) is 3.90. The maximum Gasteiger partial charge on any atom is 0.185 e. The molecule has 0 unspecified atom stereocenters. The second kappa shape index (κ2) is 4.99. The summed E-state index contributed by atoms with van der Waals surface area (Å²) in [5.74, 6) is -0.410. The van der Waals surface area contributed by atoms with Gasteiger partial charge in [0.1, 0.15) is 10.6 Å². The first kappa shape index (κ1) is 12.5. The van der Waals surface area contributed by atoms with E-state index in [2.05, 4.69) is 13.2 Å². The quantitative estimate of drug-likeness (QED) is 0.799. The molecule has 0 saturated carbocycles. The molecular weight excluding hydrogens is 224 g/mol. The van der Waals surface area contributed by atoms with Gasteiger partial charge in [-0.1, -0.05) is 18.2 Å². The SMILES string of the molecule is C=CCc1ccc(O)c(S(=O)(=O)CC=C)c1. The highest BCUT2D eigenvalue weighted by atomic mass is 32.2. The molecule has 0 bridgehead atoms. The van der Waals surface area contributed by atoms with Gasteiger partial charge in [-0.2, -0.15) is 0 Å². The Labute approximate surface area is 95.7 Å². The summed E-state index contributed by atoms with van der Waals surface area (Å²) in [6, 6.07) is 4.52. The largest absolute Gasteiger partial charge is 0.507 e. The van der Waals surface area contributed by atoms with E-state index in [4.69, 9.17) is 0 Å². The molecule has 0 atom stereocenters. The highest BCUT2D eigenvalue weighted by Gasteiger charge is 2.17. The molecule has 0 aliphatic carbocycles. The lowest BCUT2D eigenvalue weighted by molar-refractivity contribution is 0.458. The molecule has 0 radical (unpaired) electrons. The van der Waals surface area contributed by atoms with Gasteiger partial charge >= 0.3 is 0 Å².